The molecular weight excluding hydrogens is 468 g/mol. The van der Waals surface area contributed by atoms with E-state index in [2.05, 4.69) is 25.2 Å². The fourth-order valence-electron chi connectivity index (χ4n) is 3.80. The van der Waals surface area contributed by atoms with E-state index in [4.69, 9.17) is 20.4 Å². The van der Waals surface area contributed by atoms with Gasteiger partial charge in [-0.3, -0.25) is 4.79 Å². The molecule has 0 radical (unpaired) electrons. The lowest BCUT2D eigenvalue weighted by Gasteiger charge is -2.29. The molecule has 0 saturated carbocycles. The predicted octanol–water partition coefficient (Wildman–Crippen LogP) is 1.85. The summed E-state index contributed by atoms with van der Waals surface area (Å²) in [5.41, 5.74) is 6.85. The van der Waals surface area contributed by atoms with Gasteiger partial charge in [0.1, 0.15) is 17.2 Å². The number of anilines is 3. The molecule has 0 bridgehead atoms. The van der Waals surface area contributed by atoms with Gasteiger partial charge in [-0.15, -0.1) is 11.8 Å². The van der Waals surface area contributed by atoms with Gasteiger partial charge in [-0.1, -0.05) is 6.07 Å². The average Bonchev–Trinajstić information content (AvgIpc) is 3.28. The Morgan fingerprint density at radius 3 is 2.57 bits per heavy atom. The molecule has 2 aliphatic rings. The van der Waals surface area contributed by atoms with Crippen LogP contribution >= 0.6 is 11.8 Å². The number of hydrogen-bond acceptors (Lipinski definition) is 11. The Morgan fingerprint density at radius 1 is 1.17 bits per heavy atom. The molecule has 1 saturated heterocycles. The van der Waals surface area contributed by atoms with Gasteiger partial charge in [0.2, 0.25) is 5.95 Å². The molecule has 5 rings (SSSR count). The molecule has 3 aromatic rings. The number of rotatable bonds is 5. The lowest BCUT2D eigenvalue weighted by molar-refractivity contribution is -0.130. The number of aromatic nitrogens is 5. The molecule has 12 heteroatoms. The second-order valence-electron chi connectivity index (χ2n) is 8.88. The number of carbonyl (C=O) groups is 1. The molecule has 1 atom stereocenters. The summed E-state index contributed by atoms with van der Waals surface area (Å²) in [6, 6.07) is 3.68. The van der Waals surface area contributed by atoms with Crippen molar-refractivity contribution in [1.82, 2.24) is 24.9 Å². The third-order valence-electron chi connectivity index (χ3n) is 5.75. The molecule has 3 aromatic heterocycles. The normalized spacial score (nSPS) is 17.8. The van der Waals surface area contributed by atoms with E-state index < -0.39 is 11.5 Å². The zero-order chi connectivity index (χ0) is 24.6. The first-order chi connectivity index (χ1) is 16.8. The lowest BCUT2D eigenvalue weighted by Crippen LogP contribution is -2.37. The first-order valence-corrected chi connectivity index (χ1v) is 12.1. The summed E-state index contributed by atoms with van der Waals surface area (Å²) in [5.74, 6) is 1.54. The number of carbonyl (C=O) groups excluding carboxylic acids is 1. The lowest BCUT2D eigenvalue weighted by atomic mass is 10.1. The molecule has 0 aliphatic carbocycles. The van der Waals surface area contributed by atoms with Gasteiger partial charge in [0, 0.05) is 43.4 Å². The third kappa shape index (κ3) is 5.04. The Labute approximate surface area is 206 Å². The van der Waals surface area contributed by atoms with E-state index in [0.717, 1.165) is 35.1 Å². The monoisotopic (exact) mass is 494 g/mol. The highest BCUT2D eigenvalue weighted by molar-refractivity contribution is 8.00. The van der Waals surface area contributed by atoms with Gasteiger partial charge in [-0.25, -0.2) is 24.9 Å². The van der Waals surface area contributed by atoms with E-state index in [1.165, 1.54) is 13.8 Å². The number of nitrogens with two attached hydrogens (primary N) is 1. The maximum atomic E-state index is 12.0. The number of pyridine rings is 1. The second kappa shape index (κ2) is 9.36. The minimum atomic E-state index is -1.48. The van der Waals surface area contributed by atoms with Crippen LogP contribution in [0.5, 0.6) is 0 Å². The van der Waals surface area contributed by atoms with Gasteiger partial charge in [-0.05, 0) is 25.5 Å². The molecule has 0 spiro atoms. The number of nitrogens with zero attached hydrogens (tertiary/aromatic N) is 6. The highest BCUT2D eigenvalue weighted by atomic mass is 32.2. The van der Waals surface area contributed by atoms with E-state index >= 15 is 0 Å². The van der Waals surface area contributed by atoms with Gasteiger partial charge in [0.05, 0.1) is 29.4 Å². The van der Waals surface area contributed by atoms with Crippen LogP contribution in [0.3, 0.4) is 0 Å². The van der Waals surface area contributed by atoms with Crippen LogP contribution in [0.4, 0.5) is 17.6 Å². The first kappa shape index (κ1) is 23.4. The van der Waals surface area contributed by atoms with Gasteiger partial charge in [-0.2, -0.15) is 0 Å². The SMILES string of the molecule is CC(C)(O)C(=O)Nc1ccc(C2Cc3nc(-c4cnc(N)nc4)nc(N4CCOCC4)c3S2)cn1. The predicted molar refractivity (Wildman–Crippen MR) is 132 cm³/mol. The molecule has 35 heavy (non-hydrogen) atoms. The number of aliphatic hydroxyl groups is 1. The van der Waals surface area contributed by atoms with Crippen molar-refractivity contribution in [2.24, 2.45) is 0 Å². The van der Waals surface area contributed by atoms with Crippen LogP contribution in [-0.4, -0.2) is 67.8 Å². The minimum absolute atomic E-state index is 0.101. The van der Waals surface area contributed by atoms with Crippen LogP contribution in [0, 0.1) is 0 Å². The standard InChI is InChI=1S/C23H26N8O3S/c1-23(2,33)21(32)29-17-4-3-13(10-25-17)16-9-15-18(35-16)20(31-5-7-34-8-6-31)30-19(28-15)14-11-26-22(24)27-12-14/h3-4,10-12,16,33H,5-9H2,1-2H3,(H2,24,26,27)(H,25,29,32). The van der Waals surface area contributed by atoms with Crippen molar-refractivity contribution in [1.29, 1.82) is 0 Å². The Morgan fingerprint density at radius 2 is 1.91 bits per heavy atom. The van der Waals surface area contributed by atoms with Gasteiger partial charge < -0.3 is 25.8 Å². The molecule has 2 aliphatic heterocycles. The summed E-state index contributed by atoms with van der Waals surface area (Å²) in [6.07, 6.45) is 5.73. The molecule has 1 fully saturated rings. The number of fused-ring (bicyclic) bond motifs is 1. The van der Waals surface area contributed by atoms with Crippen LogP contribution in [0.15, 0.2) is 35.6 Å². The zero-order valence-corrected chi connectivity index (χ0v) is 20.2. The van der Waals surface area contributed by atoms with Crippen LogP contribution < -0.4 is 16.0 Å². The van der Waals surface area contributed by atoms with Gasteiger partial charge >= 0.3 is 0 Å². The van der Waals surface area contributed by atoms with Crippen LogP contribution in [0.2, 0.25) is 0 Å². The van der Waals surface area contributed by atoms with E-state index in [1.54, 1.807) is 36.4 Å². The highest BCUT2D eigenvalue weighted by Crippen LogP contribution is 2.49. The summed E-state index contributed by atoms with van der Waals surface area (Å²) in [4.78, 5) is 37.6. The number of thioether (sulfide) groups is 1. The first-order valence-electron chi connectivity index (χ1n) is 11.3. The molecule has 182 valence electrons. The van der Waals surface area contributed by atoms with Crippen molar-refractivity contribution < 1.29 is 14.6 Å². The summed E-state index contributed by atoms with van der Waals surface area (Å²) >= 11 is 1.71. The molecule has 11 nitrogen and oxygen atoms in total. The number of nitrogens with one attached hydrogen (secondary N) is 1. The number of nitrogen functional groups attached to an aromatic ring is 1. The fourth-order valence-corrected chi connectivity index (χ4v) is 5.15. The Bertz CT molecular complexity index is 1230. The number of ether oxygens (including phenoxy) is 1. The summed E-state index contributed by atoms with van der Waals surface area (Å²) < 4.78 is 5.54. The number of hydrogen-bond donors (Lipinski definition) is 3. The summed E-state index contributed by atoms with van der Waals surface area (Å²) in [6.45, 7) is 5.67. The maximum Gasteiger partial charge on any atom is 0.256 e. The summed E-state index contributed by atoms with van der Waals surface area (Å²) in [7, 11) is 0. The number of amides is 1. The van der Waals surface area contributed by atoms with E-state index in [9.17, 15) is 9.90 Å². The Balaban J connectivity index is 1.42. The van der Waals surface area contributed by atoms with E-state index in [-0.39, 0.29) is 11.2 Å². The van der Waals surface area contributed by atoms with Crippen molar-refractivity contribution in [2.45, 2.75) is 36.0 Å². The minimum Gasteiger partial charge on any atom is -0.381 e. The fraction of sp³-hybridized carbons (Fsp3) is 0.391. The van der Waals surface area contributed by atoms with Crippen molar-refractivity contribution >= 4 is 35.3 Å². The highest BCUT2D eigenvalue weighted by Gasteiger charge is 2.32. The zero-order valence-electron chi connectivity index (χ0n) is 19.4. The number of morpholine rings is 1. The van der Waals surface area contributed by atoms with E-state index in [0.29, 0.717) is 36.8 Å². The molecule has 5 heterocycles. The molecule has 4 N–H and O–H groups in total. The van der Waals surface area contributed by atoms with Gasteiger partial charge in [0.15, 0.2) is 5.82 Å². The largest absolute Gasteiger partial charge is 0.381 e. The Hall–Kier alpha value is -3.35. The molecular formula is C23H26N8O3S. The third-order valence-corrected chi connectivity index (χ3v) is 7.13. The molecule has 0 aromatic carbocycles. The van der Waals surface area contributed by atoms with Crippen molar-refractivity contribution in [3.05, 3.63) is 42.0 Å². The van der Waals surface area contributed by atoms with E-state index in [1.807, 2.05) is 6.07 Å². The van der Waals surface area contributed by atoms with Crippen molar-refractivity contribution in [3.63, 3.8) is 0 Å². The molecule has 1 amide bonds. The second-order valence-corrected chi connectivity index (χ2v) is 10.1. The average molecular weight is 495 g/mol. The van der Waals surface area contributed by atoms with Crippen LogP contribution in [0.1, 0.15) is 30.4 Å². The van der Waals surface area contributed by atoms with Crippen molar-refractivity contribution in [3.8, 4) is 11.4 Å². The van der Waals surface area contributed by atoms with Crippen LogP contribution in [0.25, 0.3) is 11.4 Å². The summed E-state index contributed by atoms with van der Waals surface area (Å²) in [5, 5.41) is 12.6. The smallest absolute Gasteiger partial charge is 0.256 e. The quantitative estimate of drug-likeness (QED) is 0.476. The topological polar surface area (TPSA) is 152 Å². The molecule has 1 unspecified atom stereocenters. The Kier molecular flexibility index (Phi) is 6.26. The van der Waals surface area contributed by atoms with Crippen molar-refractivity contribution in [2.75, 3.05) is 42.3 Å². The maximum absolute atomic E-state index is 12.0. The van der Waals surface area contributed by atoms with Gasteiger partial charge in [0.25, 0.3) is 5.91 Å². The van der Waals surface area contributed by atoms with Crippen LogP contribution in [-0.2, 0) is 16.0 Å².